The molecule has 0 radical (unpaired) electrons. The molecule has 0 saturated carbocycles. The molecule has 1 N–H and O–H groups in total. The minimum atomic E-state index is -0.130. The van der Waals surface area contributed by atoms with E-state index >= 15 is 0 Å². The summed E-state index contributed by atoms with van der Waals surface area (Å²) in [4.78, 5) is 21.0. The highest BCUT2D eigenvalue weighted by Crippen LogP contribution is 2.24. The average Bonchev–Trinajstić information content (AvgIpc) is 3.02. The van der Waals surface area contributed by atoms with Gasteiger partial charge in [0.25, 0.3) is 0 Å². The number of likely N-dealkylation sites (tertiary alicyclic amines) is 1. The molecule has 0 amide bonds. The lowest BCUT2D eigenvalue weighted by atomic mass is 9.99. The zero-order chi connectivity index (χ0) is 18.2. The molecule has 0 aromatic heterocycles. The quantitative estimate of drug-likeness (QED) is 0.484. The highest BCUT2D eigenvalue weighted by atomic mass is 16.5. The van der Waals surface area contributed by atoms with E-state index in [4.69, 9.17) is 9.73 Å². The number of carbonyl (C=O) groups is 1. The van der Waals surface area contributed by atoms with Crippen LogP contribution in [-0.2, 0) is 9.53 Å². The van der Waals surface area contributed by atoms with Crippen LogP contribution in [-0.4, -0.2) is 63.7 Å². The van der Waals surface area contributed by atoms with Gasteiger partial charge in [-0.3, -0.25) is 9.79 Å². The standard InChI is InChI=1S/C19H30N4O2/c1-5-20-19(23-13-15(2)17(14-23)18(24)25-4)21-11-12-22(3)16-9-7-6-8-10-16/h6-10,15,17H,5,11-14H2,1-4H3,(H,20,21). The maximum atomic E-state index is 11.9. The summed E-state index contributed by atoms with van der Waals surface area (Å²) in [6, 6.07) is 10.3. The van der Waals surface area contributed by atoms with Gasteiger partial charge in [0.15, 0.2) is 5.96 Å². The largest absolute Gasteiger partial charge is 0.469 e. The summed E-state index contributed by atoms with van der Waals surface area (Å²) in [6.45, 7) is 7.97. The SMILES string of the molecule is CCNC(=NCCN(C)c1ccccc1)N1CC(C)C(C(=O)OC)C1. The number of rotatable bonds is 6. The van der Waals surface area contributed by atoms with E-state index < -0.39 is 0 Å². The fourth-order valence-electron chi connectivity index (χ4n) is 3.14. The average molecular weight is 346 g/mol. The predicted octanol–water partition coefficient (Wildman–Crippen LogP) is 1.83. The van der Waals surface area contributed by atoms with Gasteiger partial charge in [-0.2, -0.15) is 0 Å². The van der Waals surface area contributed by atoms with Gasteiger partial charge in [-0.15, -0.1) is 0 Å². The Labute approximate surface area is 150 Å². The third-order valence-corrected chi connectivity index (χ3v) is 4.64. The van der Waals surface area contributed by atoms with E-state index in [0.29, 0.717) is 13.1 Å². The van der Waals surface area contributed by atoms with Crippen molar-refractivity contribution < 1.29 is 9.53 Å². The Morgan fingerprint density at radius 3 is 2.72 bits per heavy atom. The second kappa shape index (κ2) is 9.30. The monoisotopic (exact) mass is 346 g/mol. The molecule has 2 rings (SSSR count). The molecule has 25 heavy (non-hydrogen) atoms. The molecule has 6 heteroatoms. The number of ether oxygens (including phenoxy) is 1. The van der Waals surface area contributed by atoms with Crippen molar-refractivity contribution >= 4 is 17.6 Å². The number of esters is 1. The number of hydrogen-bond acceptors (Lipinski definition) is 4. The molecule has 1 fully saturated rings. The molecule has 1 saturated heterocycles. The minimum absolute atomic E-state index is 0.0825. The van der Waals surface area contributed by atoms with Crippen molar-refractivity contribution in [1.82, 2.24) is 10.2 Å². The predicted molar refractivity (Wildman–Crippen MR) is 102 cm³/mol. The van der Waals surface area contributed by atoms with Crippen LogP contribution in [0.5, 0.6) is 0 Å². The van der Waals surface area contributed by atoms with Gasteiger partial charge in [-0.05, 0) is 25.0 Å². The molecule has 1 aliphatic heterocycles. The Morgan fingerprint density at radius 2 is 2.08 bits per heavy atom. The summed E-state index contributed by atoms with van der Waals surface area (Å²) < 4.78 is 4.92. The van der Waals surface area contributed by atoms with E-state index in [1.165, 1.54) is 12.8 Å². The molecule has 1 aliphatic rings. The Balaban J connectivity index is 1.95. The summed E-state index contributed by atoms with van der Waals surface area (Å²) in [7, 11) is 3.53. The van der Waals surface area contributed by atoms with E-state index in [2.05, 4.69) is 48.1 Å². The first-order valence-electron chi connectivity index (χ1n) is 8.94. The first-order chi connectivity index (χ1) is 12.1. The molecule has 6 nitrogen and oxygen atoms in total. The second-order valence-electron chi connectivity index (χ2n) is 6.50. The van der Waals surface area contributed by atoms with Crippen LogP contribution in [0.4, 0.5) is 5.69 Å². The summed E-state index contributed by atoms with van der Waals surface area (Å²) in [5.74, 6) is 0.932. The number of hydrogen-bond donors (Lipinski definition) is 1. The van der Waals surface area contributed by atoms with Gasteiger partial charge in [0.2, 0.25) is 0 Å². The lowest BCUT2D eigenvalue weighted by Crippen LogP contribution is -2.41. The van der Waals surface area contributed by atoms with Crippen molar-refractivity contribution in [2.45, 2.75) is 13.8 Å². The molecular weight excluding hydrogens is 316 g/mol. The van der Waals surface area contributed by atoms with Crippen LogP contribution >= 0.6 is 0 Å². The zero-order valence-electron chi connectivity index (χ0n) is 15.7. The van der Waals surface area contributed by atoms with Crippen molar-refractivity contribution in [3.05, 3.63) is 30.3 Å². The number of likely N-dealkylation sites (N-methyl/N-ethyl adjacent to an activating group) is 1. The number of aliphatic imine (C=N–C) groups is 1. The third kappa shape index (κ3) is 5.11. The van der Waals surface area contributed by atoms with E-state index in [9.17, 15) is 4.79 Å². The van der Waals surface area contributed by atoms with Crippen LogP contribution in [0.15, 0.2) is 35.3 Å². The second-order valence-corrected chi connectivity index (χ2v) is 6.50. The van der Waals surface area contributed by atoms with E-state index in [1.807, 2.05) is 18.2 Å². The number of benzene rings is 1. The lowest BCUT2D eigenvalue weighted by Gasteiger charge is -2.23. The molecule has 2 unspecified atom stereocenters. The molecule has 138 valence electrons. The number of guanidine groups is 1. The maximum Gasteiger partial charge on any atom is 0.310 e. The van der Waals surface area contributed by atoms with Crippen LogP contribution in [0, 0.1) is 11.8 Å². The third-order valence-electron chi connectivity index (χ3n) is 4.64. The summed E-state index contributed by atoms with van der Waals surface area (Å²) in [6.07, 6.45) is 0. The Morgan fingerprint density at radius 1 is 1.36 bits per heavy atom. The van der Waals surface area contributed by atoms with Crippen LogP contribution in [0.25, 0.3) is 0 Å². The lowest BCUT2D eigenvalue weighted by molar-refractivity contribution is -0.145. The van der Waals surface area contributed by atoms with Crippen molar-refractivity contribution in [1.29, 1.82) is 0 Å². The van der Waals surface area contributed by atoms with Gasteiger partial charge >= 0.3 is 5.97 Å². The first-order valence-corrected chi connectivity index (χ1v) is 8.94. The molecular formula is C19H30N4O2. The fraction of sp³-hybridized carbons (Fsp3) is 0.579. The van der Waals surface area contributed by atoms with Crippen LogP contribution in [0.1, 0.15) is 13.8 Å². The van der Waals surface area contributed by atoms with E-state index in [-0.39, 0.29) is 17.8 Å². The molecule has 1 heterocycles. The van der Waals surface area contributed by atoms with Gasteiger partial charge in [0.05, 0.1) is 19.6 Å². The van der Waals surface area contributed by atoms with Crippen molar-refractivity contribution in [2.75, 3.05) is 51.8 Å². The Kier molecular flexibility index (Phi) is 7.10. The molecule has 0 spiro atoms. The molecule has 2 atom stereocenters. The smallest absolute Gasteiger partial charge is 0.310 e. The van der Waals surface area contributed by atoms with Crippen molar-refractivity contribution in [3.8, 4) is 0 Å². The minimum Gasteiger partial charge on any atom is -0.469 e. The number of nitrogens with one attached hydrogen (secondary N) is 1. The maximum absolute atomic E-state index is 11.9. The van der Waals surface area contributed by atoms with Crippen molar-refractivity contribution in [2.24, 2.45) is 16.8 Å². The van der Waals surface area contributed by atoms with Crippen LogP contribution in [0.3, 0.4) is 0 Å². The zero-order valence-corrected chi connectivity index (χ0v) is 15.7. The molecule has 0 aliphatic carbocycles. The molecule has 1 aromatic rings. The van der Waals surface area contributed by atoms with Gasteiger partial charge in [-0.1, -0.05) is 25.1 Å². The van der Waals surface area contributed by atoms with Gasteiger partial charge in [0.1, 0.15) is 0 Å². The molecule has 0 bridgehead atoms. The summed E-state index contributed by atoms with van der Waals surface area (Å²) in [5, 5.41) is 3.34. The summed E-state index contributed by atoms with van der Waals surface area (Å²) in [5.41, 5.74) is 1.18. The van der Waals surface area contributed by atoms with E-state index in [1.54, 1.807) is 0 Å². The van der Waals surface area contributed by atoms with Crippen LogP contribution in [0.2, 0.25) is 0 Å². The van der Waals surface area contributed by atoms with Crippen LogP contribution < -0.4 is 10.2 Å². The van der Waals surface area contributed by atoms with Crippen molar-refractivity contribution in [3.63, 3.8) is 0 Å². The van der Waals surface area contributed by atoms with E-state index in [0.717, 1.165) is 25.6 Å². The van der Waals surface area contributed by atoms with Gasteiger partial charge in [-0.25, -0.2) is 0 Å². The number of carbonyl (C=O) groups excluding carboxylic acids is 1. The number of para-hydroxylation sites is 1. The number of methoxy groups -OCH3 is 1. The summed E-state index contributed by atoms with van der Waals surface area (Å²) >= 11 is 0. The normalized spacial score (nSPS) is 20.5. The Hall–Kier alpha value is -2.24. The Bertz CT molecular complexity index is 576. The topological polar surface area (TPSA) is 57.2 Å². The first kappa shape index (κ1) is 19.1. The molecule has 1 aromatic carbocycles. The number of anilines is 1. The fourth-order valence-corrected chi connectivity index (χ4v) is 3.14. The number of nitrogens with zero attached hydrogens (tertiary/aromatic N) is 3. The van der Waals surface area contributed by atoms with Gasteiger partial charge in [0, 0.05) is 38.9 Å². The highest BCUT2D eigenvalue weighted by molar-refractivity contribution is 5.82. The van der Waals surface area contributed by atoms with Gasteiger partial charge < -0.3 is 19.9 Å². The highest BCUT2D eigenvalue weighted by Gasteiger charge is 2.36.